The van der Waals surface area contributed by atoms with E-state index >= 15 is 0 Å². The van der Waals surface area contributed by atoms with Gasteiger partial charge in [0.25, 0.3) is 10.0 Å². The lowest BCUT2D eigenvalue weighted by Gasteiger charge is -2.21. The maximum atomic E-state index is 12.6. The van der Waals surface area contributed by atoms with Gasteiger partial charge < -0.3 is 16.0 Å². The molecular formula is C13H22N4O3S2. The molecule has 9 heteroatoms. The Kier molecular flexibility index (Phi) is 5.79. The Morgan fingerprint density at radius 3 is 2.73 bits per heavy atom. The maximum absolute atomic E-state index is 12.6. The van der Waals surface area contributed by atoms with Crippen LogP contribution in [0.15, 0.2) is 16.3 Å². The van der Waals surface area contributed by atoms with E-state index in [9.17, 15) is 13.2 Å². The molecule has 2 heterocycles. The maximum Gasteiger partial charge on any atom is 0.317 e. The van der Waals surface area contributed by atoms with E-state index in [2.05, 4.69) is 5.32 Å². The van der Waals surface area contributed by atoms with Crippen molar-refractivity contribution >= 4 is 27.4 Å². The lowest BCUT2D eigenvalue weighted by molar-refractivity contribution is 0.201. The van der Waals surface area contributed by atoms with E-state index in [1.807, 2.05) is 6.92 Å². The number of urea groups is 1. The topological polar surface area (TPSA) is 95.7 Å². The van der Waals surface area contributed by atoms with Crippen LogP contribution in [0.25, 0.3) is 0 Å². The number of sulfonamides is 1. The number of carbonyl (C=O) groups excluding carboxylic acids is 1. The Labute approximate surface area is 135 Å². The minimum absolute atomic E-state index is 0.136. The highest BCUT2D eigenvalue weighted by Crippen LogP contribution is 2.25. The second-order valence-corrected chi connectivity index (χ2v) is 8.34. The molecule has 1 aliphatic heterocycles. The predicted octanol–water partition coefficient (Wildman–Crippen LogP) is 0.633. The molecule has 0 aliphatic carbocycles. The van der Waals surface area contributed by atoms with Gasteiger partial charge >= 0.3 is 6.03 Å². The SMILES string of the molecule is CCNC(=O)N1CCCN(S(=O)(=O)c2ccc(CN)s2)CC1. The van der Waals surface area contributed by atoms with Gasteiger partial charge in [-0.2, -0.15) is 4.31 Å². The predicted molar refractivity (Wildman–Crippen MR) is 86.2 cm³/mol. The van der Waals surface area contributed by atoms with Crippen molar-refractivity contribution in [1.29, 1.82) is 0 Å². The van der Waals surface area contributed by atoms with Crippen LogP contribution in [0.1, 0.15) is 18.2 Å². The summed E-state index contributed by atoms with van der Waals surface area (Å²) in [7, 11) is -3.50. The van der Waals surface area contributed by atoms with Crippen LogP contribution in [0.5, 0.6) is 0 Å². The zero-order valence-corrected chi connectivity index (χ0v) is 14.3. The summed E-state index contributed by atoms with van der Waals surface area (Å²) in [6.07, 6.45) is 0.630. The van der Waals surface area contributed by atoms with E-state index < -0.39 is 10.0 Å². The molecule has 0 radical (unpaired) electrons. The van der Waals surface area contributed by atoms with Gasteiger partial charge in [0.1, 0.15) is 4.21 Å². The average molecular weight is 346 g/mol. The Balaban J connectivity index is 2.08. The quantitative estimate of drug-likeness (QED) is 0.836. The summed E-state index contributed by atoms with van der Waals surface area (Å²) in [4.78, 5) is 14.4. The van der Waals surface area contributed by atoms with Crippen LogP contribution in [0, 0.1) is 0 Å². The molecule has 0 aromatic carbocycles. The van der Waals surface area contributed by atoms with E-state index in [0.29, 0.717) is 49.9 Å². The molecule has 0 spiro atoms. The van der Waals surface area contributed by atoms with Gasteiger partial charge in [-0.3, -0.25) is 0 Å². The summed E-state index contributed by atoms with van der Waals surface area (Å²) in [6, 6.07) is 3.22. The number of nitrogens with zero attached hydrogens (tertiary/aromatic N) is 2. The van der Waals surface area contributed by atoms with Gasteiger partial charge in [-0.25, -0.2) is 13.2 Å². The summed E-state index contributed by atoms with van der Waals surface area (Å²) >= 11 is 1.21. The largest absolute Gasteiger partial charge is 0.338 e. The van der Waals surface area contributed by atoms with Crippen LogP contribution in [-0.2, 0) is 16.6 Å². The van der Waals surface area contributed by atoms with Gasteiger partial charge in [0, 0.05) is 44.1 Å². The fourth-order valence-electron chi connectivity index (χ4n) is 2.33. The van der Waals surface area contributed by atoms with E-state index in [0.717, 1.165) is 4.88 Å². The fraction of sp³-hybridized carbons (Fsp3) is 0.615. The molecule has 1 aliphatic rings. The molecule has 0 atom stereocenters. The number of hydrogen-bond donors (Lipinski definition) is 2. The van der Waals surface area contributed by atoms with Crippen molar-refractivity contribution < 1.29 is 13.2 Å². The number of carbonyl (C=O) groups is 1. The summed E-state index contributed by atoms with van der Waals surface area (Å²) in [5.41, 5.74) is 5.54. The zero-order valence-electron chi connectivity index (χ0n) is 12.6. The third-order valence-electron chi connectivity index (χ3n) is 3.50. The van der Waals surface area contributed by atoms with Crippen molar-refractivity contribution in [2.45, 2.75) is 24.1 Å². The first kappa shape index (κ1) is 17.2. The van der Waals surface area contributed by atoms with Crippen molar-refractivity contribution in [1.82, 2.24) is 14.5 Å². The summed E-state index contributed by atoms with van der Waals surface area (Å²) in [6.45, 7) is 4.47. The minimum Gasteiger partial charge on any atom is -0.338 e. The molecule has 3 N–H and O–H groups in total. The van der Waals surface area contributed by atoms with E-state index in [-0.39, 0.29) is 6.03 Å². The monoisotopic (exact) mass is 346 g/mol. The second kappa shape index (κ2) is 7.40. The van der Waals surface area contributed by atoms with Crippen LogP contribution in [-0.4, -0.2) is 56.4 Å². The fourth-order valence-corrected chi connectivity index (χ4v) is 5.19. The lowest BCUT2D eigenvalue weighted by atomic mass is 10.4. The molecule has 0 saturated carbocycles. The van der Waals surface area contributed by atoms with Gasteiger partial charge in [0.05, 0.1) is 0 Å². The molecule has 7 nitrogen and oxygen atoms in total. The standard InChI is InChI=1S/C13H22N4O3S2/c1-2-15-13(18)16-6-3-7-17(9-8-16)22(19,20)12-5-4-11(10-14)21-12/h4-5H,2-3,6-10,14H2,1H3,(H,15,18). The Bertz CT molecular complexity index is 615. The summed E-state index contributed by atoms with van der Waals surface area (Å²) in [5.74, 6) is 0. The van der Waals surface area contributed by atoms with Crippen molar-refractivity contribution in [3.63, 3.8) is 0 Å². The Morgan fingerprint density at radius 2 is 2.09 bits per heavy atom. The van der Waals surface area contributed by atoms with Crippen LogP contribution in [0.4, 0.5) is 4.79 Å². The van der Waals surface area contributed by atoms with Gasteiger partial charge in [-0.1, -0.05) is 0 Å². The van der Waals surface area contributed by atoms with Crippen molar-refractivity contribution in [3.05, 3.63) is 17.0 Å². The Hall–Kier alpha value is -1.16. The van der Waals surface area contributed by atoms with Gasteiger partial charge in [-0.05, 0) is 25.5 Å². The molecule has 0 unspecified atom stereocenters. The minimum atomic E-state index is -3.50. The smallest absolute Gasteiger partial charge is 0.317 e. The van der Waals surface area contributed by atoms with Crippen molar-refractivity contribution in [2.24, 2.45) is 5.73 Å². The molecule has 0 bridgehead atoms. The van der Waals surface area contributed by atoms with Crippen molar-refractivity contribution in [2.75, 3.05) is 32.7 Å². The normalized spacial score (nSPS) is 17.3. The van der Waals surface area contributed by atoms with Gasteiger partial charge in [0.15, 0.2) is 0 Å². The van der Waals surface area contributed by atoms with E-state index in [4.69, 9.17) is 5.73 Å². The number of thiophene rings is 1. The number of nitrogens with two attached hydrogens (primary N) is 1. The van der Waals surface area contributed by atoms with Crippen LogP contribution < -0.4 is 11.1 Å². The molecular weight excluding hydrogens is 324 g/mol. The third-order valence-corrected chi connectivity index (χ3v) is 6.98. The highest BCUT2D eigenvalue weighted by molar-refractivity contribution is 7.91. The van der Waals surface area contributed by atoms with E-state index in [1.165, 1.54) is 15.6 Å². The van der Waals surface area contributed by atoms with Crippen LogP contribution >= 0.6 is 11.3 Å². The number of amides is 2. The van der Waals surface area contributed by atoms with Crippen LogP contribution in [0.2, 0.25) is 0 Å². The molecule has 2 amide bonds. The lowest BCUT2D eigenvalue weighted by Crippen LogP contribution is -2.42. The number of nitrogens with one attached hydrogen (secondary N) is 1. The average Bonchev–Trinajstić information content (AvgIpc) is 2.84. The first-order chi connectivity index (χ1) is 10.5. The molecule has 124 valence electrons. The molecule has 1 aromatic heterocycles. The van der Waals surface area contributed by atoms with Gasteiger partial charge in [0.2, 0.25) is 0 Å². The van der Waals surface area contributed by atoms with Crippen molar-refractivity contribution in [3.8, 4) is 0 Å². The Morgan fingerprint density at radius 1 is 1.32 bits per heavy atom. The first-order valence-electron chi connectivity index (χ1n) is 7.30. The van der Waals surface area contributed by atoms with Crippen LogP contribution in [0.3, 0.4) is 0 Å². The summed E-state index contributed by atoms with van der Waals surface area (Å²) < 4.78 is 27.1. The number of rotatable bonds is 4. The molecule has 22 heavy (non-hydrogen) atoms. The zero-order chi connectivity index (χ0) is 16.2. The molecule has 2 rings (SSSR count). The second-order valence-electron chi connectivity index (χ2n) is 5.01. The highest BCUT2D eigenvalue weighted by atomic mass is 32.2. The molecule has 1 aromatic rings. The van der Waals surface area contributed by atoms with E-state index in [1.54, 1.807) is 17.0 Å². The first-order valence-corrected chi connectivity index (χ1v) is 9.56. The third kappa shape index (κ3) is 3.78. The molecule has 1 fully saturated rings. The number of hydrogen-bond acceptors (Lipinski definition) is 5. The van der Waals surface area contributed by atoms with Gasteiger partial charge in [-0.15, -0.1) is 11.3 Å². The molecule has 1 saturated heterocycles. The summed E-state index contributed by atoms with van der Waals surface area (Å²) in [5, 5.41) is 2.75. The highest BCUT2D eigenvalue weighted by Gasteiger charge is 2.29.